The van der Waals surface area contributed by atoms with E-state index in [0.29, 0.717) is 5.16 Å². The highest BCUT2D eigenvalue weighted by Gasteiger charge is 2.15. The molecule has 1 unspecified atom stereocenters. The average Bonchev–Trinajstić information content (AvgIpc) is 2.64. The van der Waals surface area contributed by atoms with Crippen LogP contribution in [0.2, 0.25) is 0 Å². The van der Waals surface area contributed by atoms with E-state index < -0.39 is 5.97 Å². The molecule has 0 aliphatic carbocycles. The molecule has 96 valence electrons. The maximum atomic E-state index is 11.6. The zero-order valence-electron chi connectivity index (χ0n) is 9.67. The predicted octanol–water partition coefficient (Wildman–Crippen LogP) is 1.06. The molecule has 0 aliphatic heterocycles. The molecule has 1 aromatic heterocycles. The molecule has 1 aromatic rings. The van der Waals surface area contributed by atoms with Crippen molar-refractivity contribution in [3.05, 3.63) is 10.5 Å². The van der Waals surface area contributed by atoms with Crippen molar-refractivity contribution in [2.45, 2.75) is 25.0 Å². The van der Waals surface area contributed by atoms with Crippen LogP contribution in [0.3, 0.4) is 0 Å². The molecule has 0 saturated carbocycles. The van der Waals surface area contributed by atoms with E-state index in [4.69, 9.17) is 5.11 Å². The smallest absolute Gasteiger partial charge is 0.344 e. The van der Waals surface area contributed by atoms with Crippen LogP contribution in [0, 0.1) is 0 Å². The number of carbonyl (C=O) groups is 1. The monoisotopic (exact) mass is 277 g/mol. The molecule has 0 aromatic carbocycles. The topological polar surface area (TPSA) is 88.0 Å². The van der Waals surface area contributed by atoms with Crippen LogP contribution in [0.1, 0.15) is 19.9 Å². The number of carboxylic acids is 1. The van der Waals surface area contributed by atoms with Crippen LogP contribution in [-0.4, -0.2) is 43.1 Å². The normalized spacial score (nSPS) is 12.6. The van der Waals surface area contributed by atoms with E-state index in [0.717, 1.165) is 23.3 Å². The number of aromatic amines is 1. The number of aliphatic carboxylic acids is 1. The van der Waals surface area contributed by atoms with Crippen LogP contribution in [-0.2, 0) is 4.79 Å². The fourth-order valence-corrected chi connectivity index (χ4v) is 2.76. The largest absolute Gasteiger partial charge is 0.481 e. The number of nitrogens with zero attached hydrogens (tertiary/aromatic N) is 2. The van der Waals surface area contributed by atoms with Crippen molar-refractivity contribution in [1.29, 1.82) is 0 Å². The van der Waals surface area contributed by atoms with Crippen molar-refractivity contribution >= 4 is 29.5 Å². The number of nitrogens with one attached hydrogen (secondary N) is 1. The van der Waals surface area contributed by atoms with Gasteiger partial charge in [0.25, 0.3) is 0 Å². The molecule has 0 spiro atoms. The highest BCUT2D eigenvalue weighted by Crippen LogP contribution is 2.19. The summed E-state index contributed by atoms with van der Waals surface area (Å²) in [7, 11) is 0. The molecule has 0 aliphatic rings. The lowest BCUT2D eigenvalue weighted by Crippen LogP contribution is -2.23. The molecule has 1 heterocycles. The first-order chi connectivity index (χ1) is 8.06. The van der Waals surface area contributed by atoms with E-state index in [-0.39, 0.29) is 17.5 Å². The third-order valence-electron chi connectivity index (χ3n) is 2.00. The van der Waals surface area contributed by atoms with E-state index in [1.54, 1.807) is 11.8 Å². The Hall–Kier alpha value is -0.890. The summed E-state index contributed by atoms with van der Waals surface area (Å²) < 4.78 is 1.51. The Labute approximate surface area is 107 Å². The van der Waals surface area contributed by atoms with Crippen LogP contribution in [0.4, 0.5) is 0 Å². The third kappa shape index (κ3) is 4.12. The molecule has 1 atom stereocenters. The molecule has 1 rings (SSSR count). The number of hydrogen-bond donors (Lipinski definition) is 2. The summed E-state index contributed by atoms with van der Waals surface area (Å²) in [4.78, 5) is 22.0. The minimum atomic E-state index is -0.924. The minimum Gasteiger partial charge on any atom is -0.481 e. The van der Waals surface area contributed by atoms with E-state index in [2.05, 4.69) is 17.1 Å². The first kappa shape index (κ1) is 14.2. The number of carboxylic acid groups (broad SMARTS) is 1. The zero-order valence-corrected chi connectivity index (χ0v) is 11.3. The molecule has 0 amide bonds. The van der Waals surface area contributed by atoms with Gasteiger partial charge in [-0.25, -0.2) is 9.89 Å². The molecular formula is C9H15N3O3S2. The lowest BCUT2D eigenvalue weighted by Gasteiger charge is -2.12. The average molecular weight is 277 g/mol. The van der Waals surface area contributed by atoms with Crippen molar-refractivity contribution in [2.75, 3.05) is 17.3 Å². The summed E-state index contributed by atoms with van der Waals surface area (Å²) in [5, 5.41) is 15.2. The van der Waals surface area contributed by atoms with Crippen LogP contribution in [0.5, 0.6) is 0 Å². The summed E-state index contributed by atoms with van der Waals surface area (Å²) in [6.45, 7) is 3.97. The molecule has 0 radical (unpaired) electrons. The molecule has 0 bridgehead atoms. The first-order valence-electron chi connectivity index (χ1n) is 5.15. The molecule has 2 N–H and O–H groups in total. The van der Waals surface area contributed by atoms with Crippen LogP contribution in [0.15, 0.2) is 9.95 Å². The second kappa shape index (κ2) is 6.75. The van der Waals surface area contributed by atoms with Gasteiger partial charge in [0.2, 0.25) is 0 Å². The Kier molecular flexibility index (Phi) is 5.63. The quantitative estimate of drug-likeness (QED) is 0.725. The second-order valence-corrected chi connectivity index (χ2v) is 5.63. The van der Waals surface area contributed by atoms with Crippen LogP contribution < -0.4 is 5.69 Å². The van der Waals surface area contributed by atoms with Gasteiger partial charge in [0.1, 0.15) is 0 Å². The first-order valence-corrected chi connectivity index (χ1v) is 7.29. The predicted molar refractivity (Wildman–Crippen MR) is 68.9 cm³/mol. The molecule has 17 heavy (non-hydrogen) atoms. The lowest BCUT2D eigenvalue weighted by molar-refractivity contribution is -0.133. The fraction of sp³-hybridized carbons (Fsp3) is 0.667. The second-order valence-electron chi connectivity index (χ2n) is 3.37. The van der Waals surface area contributed by atoms with E-state index in [1.165, 1.54) is 4.57 Å². The van der Waals surface area contributed by atoms with Gasteiger partial charge in [0.15, 0.2) is 5.16 Å². The van der Waals surface area contributed by atoms with Crippen molar-refractivity contribution in [1.82, 2.24) is 14.8 Å². The van der Waals surface area contributed by atoms with Crippen molar-refractivity contribution in [2.24, 2.45) is 0 Å². The molecule has 0 fully saturated rings. The van der Waals surface area contributed by atoms with E-state index >= 15 is 0 Å². The maximum Gasteiger partial charge on any atom is 0.344 e. The number of H-pyrrole nitrogens is 1. The standard InChI is InChI=1S/C9H15N3O3S2/c1-3-16-4-6(2)12-8(15)10-11-9(12)17-5-7(13)14/h6H,3-5H2,1-2H3,(H,10,15)(H,13,14). The van der Waals surface area contributed by atoms with Crippen LogP contribution in [0.25, 0.3) is 0 Å². The molecule has 6 nitrogen and oxygen atoms in total. The van der Waals surface area contributed by atoms with Gasteiger partial charge in [-0.2, -0.15) is 11.8 Å². The maximum absolute atomic E-state index is 11.6. The van der Waals surface area contributed by atoms with Crippen LogP contribution >= 0.6 is 23.5 Å². The van der Waals surface area contributed by atoms with Gasteiger partial charge < -0.3 is 5.11 Å². The Morgan fingerprint density at radius 1 is 1.65 bits per heavy atom. The van der Waals surface area contributed by atoms with E-state index in [9.17, 15) is 9.59 Å². The fourth-order valence-electron chi connectivity index (χ4n) is 1.27. The molecule has 0 saturated heterocycles. The van der Waals surface area contributed by atoms with Crippen molar-refractivity contribution < 1.29 is 9.90 Å². The van der Waals surface area contributed by atoms with Gasteiger partial charge in [0.05, 0.1) is 5.75 Å². The van der Waals surface area contributed by atoms with Gasteiger partial charge in [-0.15, -0.1) is 5.10 Å². The summed E-state index contributed by atoms with van der Waals surface area (Å²) in [5.41, 5.74) is -0.290. The summed E-state index contributed by atoms with van der Waals surface area (Å²) in [5.74, 6) is 0.760. The summed E-state index contributed by atoms with van der Waals surface area (Å²) in [6, 6.07) is 0.00231. The number of rotatable bonds is 7. The highest BCUT2D eigenvalue weighted by atomic mass is 32.2. The molecule has 8 heteroatoms. The Morgan fingerprint density at radius 2 is 2.35 bits per heavy atom. The summed E-state index contributed by atoms with van der Waals surface area (Å²) >= 11 is 2.78. The highest BCUT2D eigenvalue weighted by molar-refractivity contribution is 7.99. The van der Waals surface area contributed by atoms with Gasteiger partial charge in [-0.3, -0.25) is 9.36 Å². The van der Waals surface area contributed by atoms with Crippen molar-refractivity contribution in [3.63, 3.8) is 0 Å². The number of thioether (sulfide) groups is 2. The number of hydrogen-bond acceptors (Lipinski definition) is 5. The van der Waals surface area contributed by atoms with Gasteiger partial charge in [-0.1, -0.05) is 18.7 Å². The Bertz CT molecular complexity index is 429. The van der Waals surface area contributed by atoms with Gasteiger partial charge >= 0.3 is 11.7 Å². The SMILES string of the molecule is CCSCC(C)n1c(SCC(=O)O)n[nH]c1=O. The Balaban J connectivity index is 2.78. The lowest BCUT2D eigenvalue weighted by atomic mass is 10.4. The van der Waals surface area contributed by atoms with Gasteiger partial charge in [0, 0.05) is 11.8 Å². The molecular weight excluding hydrogens is 262 g/mol. The van der Waals surface area contributed by atoms with Gasteiger partial charge in [-0.05, 0) is 12.7 Å². The minimum absolute atomic E-state index is 0.00231. The van der Waals surface area contributed by atoms with Crippen molar-refractivity contribution in [3.8, 4) is 0 Å². The zero-order chi connectivity index (χ0) is 12.8. The number of aromatic nitrogens is 3. The third-order valence-corrected chi connectivity index (χ3v) is 4.06. The van der Waals surface area contributed by atoms with E-state index in [1.807, 2.05) is 6.92 Å². The summed E-state index contributed by atoms with van der Waals surface area (Å²) in [6.07, 6.45) is 0. The Morgan fingerprint density at radius 3 is 2.94 bits per heavy atom.